The predicted octanol–water partition coefficient (Wildman–Crippen LogP) is 4.19. The summed E-state index contributed by atoms with van der Waals surface area (Å²) in [4.78, 5) is 26.7. The zero-order chi connectivity index (χ0) is 20.6. The summed E-state index contributed by atoms with van der Waals surface area (Å²) in [5, 5.41) is 2.16. The molecule has 1 heterocycles. The van der Waals surface area contributed by atoms with E-state index < -0.39 is 5.97 Å². The van der Waals surface area contributed by atoms with Gasteiger partial charge in [0.2, 0.25) is 0 Å². The number of benzene rings is 2. The number of ether oxygens (including phenoxy) is 2. The number of nitrogens with zero attached hydrogens (tertiary/aromatic N) is 1. The molecule has 0 N–H and O–H groups in total. The molecule has 2 aromatic carbocycles. The molecule has 5 heteroatoms. The Bertz CT molecular complexity index is 937. The van der Waals surface area contributed by atoms with Crippen molar-refractivity contribution in [2.24, 2.45) is 10.8 Å². The monoisotopic (exact) mass is 395 g/mol. The Labute approximate surface area is 172 Å². The molecule has 5 nitrogen and oxygen atoms in total. The molecule has 0 unspecified atom stereocenters. The van der Waals surface area contributed by atoms with Gasteiger partial charge in [0, 0.05) is 12.6 Å². The number of esters is 1. The Hall–Kier alpha value is -2.56. The lowest BCUT2D eigenvalue weighted by Gasteiger charge is -2.39. The van der Waals surface area contributed by atoms with Gasteiger partial charge in [-0.15, -0.1) is 0 Å². The molecule has 154 valence electrons. The van der Waals surface area contributed by atoms with Crippen LogP contribution in [0.4, 0.5) is 0 Å². The maximum atomic E-state index is 12.7. The van der Waals surface area contributed by atoms with E-state index in [0.29, 0.717) is 5.75 Å². The van der Waals surface area contributed by atoms with Gasteiger partial charge in [-0.3, -0.25) is 4.79 Å². The second-order valence-corrected chi connectivity index (χ2v) is 9.69. The van der Waals surface area contributed by atoms with Gasteiger partial charge >= 0.3 is 5.97 Å². The third-order valence-corrected chi connectivity index (χ3v) is 6.17. The fraction of sp³-hybridized carbons (Fsp3) is 0.500. The van der Waals surface area contributed by atoms with Gasteiger partial charge in [-0.05, 0) is 53.0 Å². The van der Waals surface area contributed by atoms with Gasteiger partial charge in [-0.1, -0.05) is 51.1 Å². The van der Waals surface area contributed by atoms with Crippen LogP contribution in [0.5, 0.6) is 5.75 Å². The Morgan fingerprint density at radius 1 is 1.03 bits per heavy atom. The third kappa shape index (κ3) is 4.39. The summed E-state index contributed by atoms with van der Waals surface area (Å²) in [6.45, 7) is 7.14. The molecule has 2 aliphatic rings. The first-order chi connectivity index (χ1) is 13.7. The van der Waals surface area contributed by atoms with Crippen LogP contribution >= 0.6 is 0 Å². The fourth-order valence-corrected chi connectivity index (χ4v) is 5.42. The average molecular weight is 395 g/mol. The fourth-order valence-electron chi connectivity index (χ4n) is 5.42. The van der Waals surface area contributed by atoms with Crippen LogP contribution in [0.1, 0.15) is 40.0 Å². The minimum Gasteiger partial charge on any atom is -0.482 e. The molecule has 2 atom stereocenters. The van der Waals surface area contributed by atoms with E-state index in [1.165, 1.54) is 0 Å². The summed E-state index contributed by atoms with van der Waals surface area (Å²) in [6, 6.07) is 13.9. The Balaban J connectivity index is 1.28. The van der Waals surface area contributed by atoms with Crippen molar-refractivity contribution >= 4 is 22.6 Å². The standard InChI is InChI=1S/C24H29NO4/c1-23(2)11-19-12-24(3,15-23)16-25(19)21(26)13-29-22(27)14-28-20-9-8-17-6-4-5-7-18(17)10-20/h4-10,19H,11-16H2,1-3H3/t19-,24-/m0/s1. The molecule has 0 radical (unpaired) electrons. The minimum atomic E-state index is -0.528. The van der Waals surface area contributed by atoms with Crippen molar-refractivity contribution in [2.45, 2.75) is 46.1 Å². The van der Waals surface area contributed by atoms with Crippen molar-refractivity contribution in [2.75, 3.05) is 19.8 Å². The SMILES string of the molecule is CC1(C)C[C@H]2C[C@](C)(CN2C(=O)COC(=O)COc2ccc3ccccc3c2)C1. The molecular formula is C24H29NO4. The molecule has 2 fully saturated rings. The highest BCUT2D eigenvalue weighted by atomic mass is 16.6. The van der Waals surface area contributed by atoms with Gasteiger partial charge < -0.3 is 14.4 Å². The highest BCUT2D eigenvalue weighted by Gasteiger charge is 2.50. The first-order valence-electron chi connectivity index (χ1n) is 10.3. The summed E-state index contributed by atoms with van der Waals surface area (Å²) in [6.07, 6.45) is 3.17. The van der Waals surface area contributed by atoms with Crippen LogP contribution in [0.3, 0.4) is 0 Å². The molecule has 1 saturated carbocycles. The molecule has 4 rings (SSSR count). The van der Waals surface area contributed by atoms with Gasteiger partial charge in [0.25, 0.3) is 5.91 Å². The van der Waals surface area contributed by atoms with E-state index in [-0.39, 0.29) is 36.0 Å². The molecule has 1 aliphatic carbocycles. The Morgan fingerprint density at radius 2 is 1.79 bits per heavy atom. The largest absolute Gasteiger partial charge is 0.482 e. The van der Waals surface area contributed by atoms with E-state index in [0.717, 1.165) is 36.6 Å². The number of hydrogen-bond acceptors (Lipinski definition) is 4. The van der Waals surface area contributed by atoms with E-state index in [1.807, 2.05) is 47.4 Å². The average Bonchev–Trinajstić information content (AvgIpc) is 2.93. The van der Waals surface area contributed by atoms with Crippen molar-refractivity contribution in [3.8, 4) is 5.75 Å². The lowest BCUT2D eigenvalue weighted by molar-refractivity contribution is -0.154. The summed E-state index contributed by atoms with van der Waals surface area (Å²) in [5.74, 6) is -0.0221. The van der Waals surface area contributed by atoms with E-state index in [1.54, 1.807) is 0 Å². The maximum absolute atomic E-state index is 12.7. The molecule has 1 saturated heterocycles. The van der Waals surface area contributed by atoms with Crippen molar-refractivity contribution in [3.63, 3.8) is 0 Å². The summed E-state index contributed by atoms with van der Waals surface area (Å²) < 4.78 is 10.8. The van der Waals surface area contributed by atoms with Crippen molar-refractivity contribution < 1.29 is 19.1 Å². The second-order valence-electron chi connectivity index (χ2n) is 9.69. The summed E-state index contributed by atoms with van der Waals surface area (Å²) in [5.41, 5.74) is 0.419. The lowest BCUT2D eigenvalue weighted by atomic mass is 9.65. The third-order valence-electron chi connectivity index (χ3n) is 6.17. The van der Waals surface area contributed by atoms with E-state index >= 15 is 0 Å². The van der Waals surface area contributed by atoms with Crippen LogP contribution in [0.25, 0.3) is 10.8 Å². The van der Waals surface area contributed by atoms with Crippen LogP contribution in [0.2, 0.25) is 0 Å². The smallest absolute Gasteiger partial charge is 0.344 e. The highest BCUT2D eigenvalue weighted by molar-refractivity contribution is 5.84. The van der Waals surface area contributed by atoms with Gasteiger partial charge in [0.1, 0.15) is 5.75 Å². The van der Waals surface area contributed by atoms with Gasteiger partial charge in [0.05, 0.1) is 0 Å². The molecule has 1 aliphatic heterocycles. The van der Waals surface area contributed by atoms with Gasteiger partial charge in [-0.2, -0.15) is 0 Å². The van der Waals surface area contributed by atoms with Gasteiger partial charge in [-0.25, -0.2) is 4.79 Å². The van der Waals surface area contributed by atoms with Crippen LogP contribution in [0, 0.1) is 10.8 Å². The van der Waals surface area contributed by atoms with Crippen LogP contribution in [0.15, 0.2) is 42.5 Å². The Morgan fingerprint density at radius 3 is 2.59 bits per heavy atom. The van der Waals surface area contributed by atoms with Crippen molar-refractivity contribution in [3.05, 3.63) is 42.5 Å². The number of likely N-dealkylation sites (tertiary alicyclic amines) is 1. The number of rotatable bonds is 5. The highest BCUT2D eigenvalue weighted by Crippen LogP contribution is 2.52. The zero-order valence-electron chi connectivity index (χ0n) is 17.4. The molecule has 2 aromatic rings. The summed E-state index contributed by atoms with van der Waals surface area (Å²) in [7, 11) is 0. The molecule has 1 amide bonds. The zero-order valence-corrected chi connectivity index (χ0v) is 17.4. The van der Waals surface area contributed by atoms with Crippen LogP contribution in [-0.2, 0) is 14.3 Å². The molecule has 29 heavy (non-hydrogen) atoms. The Kier molecular flexibility index (Phi) is 5.01. The number of carbonyl (C=O) groups is 2. The minimum absolute atomic E-state index is 0.101. The number of hydrogen-bond donors (Lipinski definition) is 0. The number of fused-ring (bicyclic) bond motifs is 3. The summed E-state index contributed by atoms with van der Waals surface area (Å²) >= 11 is 0. The van der Waals surface area contributed by atoms with Gasteiger partial charge in [0.15, 0.2) is 13.2 Å². The predicted molar refractivity (Wildman–Crippen MR) is 112 cm³/mol. The molecule has 0 spiro atoms. The molecule has 2 bridgehead atoms. The van der Waals surface area contributed by atoms with Crippen LogP contribution < -0.4 is 4.74 Å². The maximum Gasteiger partial charge on any atom is 0.344 e. The van der Waals surface area contributed by atoms with Crippen molar-refractivity contribution in [1.29, 1.82) is 0 Å². The van der Waals surface area contributed by atoms with Crippen LogP contribution in [-0.4, -0.2) is 42.6 Å². The quantitative estimate of drug-likeness (QED) is 0.713. The van der Waals surface area contributed by atoms with E-state index in [9.17, 15) is 9.59 Å². The first kappa shape index (κ1) is 19.7. The number of carbonyl (C=O) groups excluding carboxylic acids is 2. The normalized spacial score (nSPS) is 25.1. The first-order valence-corrected chi connectivity index (χ1v) is 10.3. The van der Waals surface area contributed by atoms with Crippen molar-refractivity contribution in [1.82, 2.24) is 4.90 Å². The molecular weight excluding hydrogens is 366 g/mol. The molecule has 0 aromatic heterocycles. The lowest BCUT2D eigenvalue weighted by Crippen LogP contribution is -2.40. The number of amides is 1. The topological polar surface area (TPSA) is 55.8 Å². The van der Waals surface area contributed by atoms with E-state index in [2.05, 4.69) is 20.8 Å². The second kappa shape index (κ2) is 7.36. The van der Waals surface area contributed by atoms with E-state index in [4.69, 9.17) is 9.47 Å².